The minimum absolute atomic E-state index is 0.175. The lowest BCUT2D eigenvalue weighted by Crippen LogP contribution is -2.23. The first-order chi connectivity index (χ1) is 10.6. The molecule has 4 heteroatoms. The summed E-state index contributed by atoms with van der Waals surface area (Å²) in [5.74, 6) is 1.06. The molecule has 0 saturated carbocycles. The maximum atomic E-state index is 13.1. The molecule has 2 aromatic rings. The SMILES string of the molecule is CC(C)c1nccc(CN2CCC[C@@H]2c2ccc(F)cc2)n1. The van der Waals surface area contributed by atoms with Crippen molar-refractivity contribution in [3.8, 4) is 0 Å². The van der Waals surface area contributed by atoms with Crippen LogP contribution in [-0.4, -0.2) is 21.4 Å². The van der Waals surface area contributed by atoms with Gasteiger partial charge >= 0.3 is 0 Å². The molecular weight excluding hydrogens is 277 g/mol. The van der Waals surface area contributed by atoms with Crippen LogP contribution in [0.2, 0.25) is 0 Å². The Hall–Kier alpha value is -1.81. The fourth-order valence-electron chi connectivity index (χ4n) is 3.07. The summed E-state index contributed by atoms with van der Waals surface area (Å²) < 4.78 is 13.1. The second kappa shape index (κ2) is 6.53. The van der Waals surface area contributed by atoms with E-state index in [1.165, 1.54) is 12.0 Å². The minimum Gasteiger partial charge on any atom is -0.291 e. The van der Waals surface area contributed by atoms with Gasteiger partial charge in [0.1, 0.15) is 11.6 Å². The van der Waals surface area contributed by atoms with Crippen LogP contribution < -0.4 is 0 Å². The third kappa shape index (κ3) is 3.33. The molecule has 3 nitrogen and oxygen atoms in total. The molecule has 1 aliphatic rings. The van der Waals surface area contributed by atoms with Gasteiger partial charge in [-0.1, -0.05) is 26.0 Å². The van der Waals surface area contributed by atoms with Gasteiger partial charge in [-0.25, -0.2) is 14.4 Å². The Bertz CT molecular complexity index is 624. The fourth-order valence-corrected chi connectivity index (χ4v) is 3.07. The molecule has 1 atom stereocenters. The molecule has 0 N–H and O–H groups in total. The summed E-state index contributed by atoms with van der Waals surface area (Å²) in [5.41, 5.74) is 2.25. The Morgan fingerprint density at radius 1 is 1.23 bits per heavy atom. The first kappa shape index (κ1) is 15.1. The van der Waals surface area contributed by atoms with E-state index in [1.54, 1.807) is 12.1 Å². The number of rotatable bonds is 4. The van der Waals surface area contributed by atoms with Crippen molar-refractivity contribution >= 4 is 0 Å². The van der Waals surface area contributed by atoms with Crippen LogP contribution in [0.3, 0.4) is 0 Å². The summed E-state index contributed by atoms with van der Waals surface area (Å²) in [7, 11) is 0. The van der Waals surface area contributed by atoms with E-state index in [1.807, 2.05) is 24.4 Å². The number of halogens is 1. The van der Waals surface area contributed by atoms with E-state index in [2.05, 4.69) is 28.7 Å². The van der Waals surface area contributed by atoms with Crippen LogP contribution >= 0.6 is 0 Å². The molecule has 0 amide bonds. The normalized spacial score (nSPS) is 19.0. The number of aromatic nitrogens is 2. The van der Waals surface area contributed by atoms with Crippen molar-refractivity contribution in [3.05, 3.63) is 59.4 Å². The minimum atomic E-state index is -0.175. The topological polar surface area (TPSA) is 29.0 Å². The van der Waals surface area contributed by atoms with Gasteiger partial charge in [-0.15, -0.1) is 0 Å². The second-order valence-corrected chi connectivity index (χ2v) is 6.24. The number of hydrogen-bond donors (Lipinski definition) is 0. The largest absolute Gasteiger partial charge is 0.291 e. The molecule has 0 unspecified atom stereocenters. The van der Waals surface area contributed by atoms with Crippen LogP contribution in [0.4, 0.5) is 4.39 Å². The van der Waals surface area contributed by atoms with Crippen LogP contribution in [0.15, 0.2) is 36.5 Å². The van der Waals surface area contributed by atoms with Crippen molar-refractivity contribution in [2.24, 2.45) is 0 Å². The smallest absolute Gasteiger partial charge is 0.131 e. The summed E-state index contributed by atoms with van der Waals surface area (Å²) >= 11 is 0. The third-order valence-electron chi connectivity index (χ3n) is 4.23. The quantitative estimate of drug-likeness (QED) is 0.852. The molecule has 0 aliphatic carbocycles. The van der Waals surface area contributed by atoms with Crippen molar-refractivity contribution in [2.75, 3.05) is 6.54 Å². The maximum absolute atomic E-state index is 13.1. The highest BCUT2D eigenvalue weighted by molar-refractivity contribution is 5.21. The summed E-state index contributed by atoms with van der Waals surface area (Å²) in [4.78, 5) is 11.4. The standard InChI is InChI=1S/C18H22FN3/c1-13(2)18-20-10-9-16(21-18)12-22-11-3-4-17(22)14-5-7-15(19)8-6-14/h5-10,13,17H,3-4,11-12H2,1-2H3/t17-/m1/s1. The zero-order valence-electron chi connectivity index (χ0n) is 13.2. The summed E-state index contributed by atoms with van der Waals surface area (Å²) in [6.45, 7) is 6.10. The first-order valence-electron chi connectivity index (χ1n) is 7.95. The monoisotopic (exact) mass is 299 g/mol. The van der Waals surface area contributed by atoms with Crippen molar-refractivity contribution in [1.82, 2.24) is 14.9 Å². The molecule has 1 aromatic heterocycles. The second-order valence-electron chi connectivity index (χ2n) is 6.24. The Labute approximate surface area is 131 Å². The van der Waals surface area contributed by atoms with Gasteiger partial charge in [0.2, 0.25) is 0 Å². The van der Waals surface area contributed by atoms with Crippen LogP contribution in [0.25, 0.3) is 0 Å². The third-order valence-corrected chi connectivity index (χ3v) is 4.23. The Morgan fingerprint density at radius 2 is 2.00 bits per heavy atom. The predicted octanol–water partition coefficient (Wildman–Crippen LogP) is 4.08. The number of benzene rings is 1. The van der Waals surface area contributed by atoms with Crippen LogP contribution in [-0.2, 0) is 6.54 Å². The van der Waals surface area contributed by atoms with Crippen molar-refractivity contribution in [1.29, 1.82) is 0 Å². The van der Waals surface area contributed by atoms with Gasteiger partial charge in [-0.3, -0.25) is 4.90 Å². The highest BCUT2D eigenvalue weighted by Crippen LogP contribution is 2.33. The van der Waals surface area contributed by atoms with E-state index in [4.69, 9.17) is 0 Å². The Balaban J connectivity index is 1.76. The molecule has 1 fully saturated rings. The molecular formula is C18H22FN3. The van der Waals surface area contributed by atoms with Crippen LogP contribution in [0.5, 0.6) is 0 Å². The lowest BCUT2D eigenvalue weighted by molar-refractivity contribution is 0.245. The molecule has 0 spiro atoms. The van der Waals surface area contributed by atoms with Crippen LogP contribution in [0, 0.1) is 5.82 Å². The first-order valence-corrected chi connectivity index (χ1v) is 7.95. The number of nitrogens with zero attached hydrogens (tertiary/aromatic N) is 3. The Morgan fingerprint density at radius 3 is 2.73 bits per heavy atom. The summed E-state index contributed by atoms with van der Waals surface area (Å²) in [6, 6.07) is 9.25. The van der Waals surface area contributed by atoms with Gasteiger partial charge < -0.3 is 0 Å². The molecule has 1 aromatic carbocycles. The van der Waals surface area contributed by atoms with Gasteiger partial charge in [0, 0.05) is 24.7 Å². The van der Waals surface area contributed by atoms with Crippen molar-refractivity contribution < 1.29 is 4.39 Å². The highest BCUT2D eigenvalue weighted by Gasteiger charge is 2.26. The van der Waals surface area contributed by atoms with E-state index in [9.17, 15) is 4.39 Å². The fraction of sp³-hybridized carbons (Fsp3) is 0.444. The molecule has 3 rings (SSSR count). The van der Waals surface area contributed by atoms with Crippen molar-refractivity contribution in [2.45, 2.75) is 45.2 Å². The average molecular weight is 299 g/mol. The highest BCUT2D eigenvalue weighted by atomic mass is 19.1. The van der Waals surface area contributed by atoms with Gasteiger partial charge in [0.15, 0.2) is 0 Å². The molecule has 22 heavy (non-hydrogen) atoms. The zero-order valence-corrected chi connectivity index (χ0v) is 13.2. The number of likely N-dealkylation sites (tertiary alicyclic amines) is 1. The molecule has 2 heterocycles. The predicted molar refractivity (Wildman–Crippen MR) is 84.9 cm³/mol. The van der Waals surface area contributed by atoms with E-state index in [-0.39, 0.29) is 5.82 Å². The van der Waals surface area contributed by atoms with E-state index in [0.29, 0.717) is 12.0 Å². The van der Waals surface area contributed by atoms with Gasteiger partial charge in [0.25, 0.3) is 0 Å². The van der Waals surface area contributed by atoms with E-state index < -0.39 is 0 Å². The van der Waals surface area contributed by atoms with E-state index >= 15 is 0 Å². The van der Waals surface area contributed by atoms with Crippen LogP contribution in [0.1, 0.15) is 55.7 Å². The lowest BCUT2D eigenvalue weighted by atomic mass is 10.0. The van der Waals surface area contributed by atoms with Gasteiger partial charge in [-0.2, -0.15) is 0 Å². The summed E-state index contributed by atoms with van der Waals surface area (Å²) in [6.07, 6.45) is 4.14. The molecule has 0 bridgehead atoms. The average Bonchev–Trinajstić information content (AvgIpc) is 2.96. The van der Waals surface area contributed by atoms with Gasteiger partial charge in [-0.05, 0) is 43.1 Å². The summed E-state index contributed by atoms with van der Waals surface area (Å²) in [5, 5.41) is 0. The molecule has 116 valence electrons. The maximum Gasteiger partial charge on any atom is 0.131 e. The van der Waals surface area contributed by atoms with Crippen molar-refractivity contribution in [3.63, 3.8) is 0 Å². The molecule has 1 aliphatic heterocycles. The molecule has 0 radical (unpaired) electrons. The van der Waals surface area contributed by atoms with Gasteiger partial charge in [0.05, 0.1) is 5.69 Å². The zero-order chi connectivity index (χ0) is 15.5. The molecule has 1 saturated heterocycles. The lowest BCUT2D eigenvalue weighted by Gasteiger charge is -2.24. The Kier molecular flexibility index (Phi) is 4.48. The number of hydrogen-bond acceptors (Lipinski definition) is 3. The van der Waals surface area contributed by atoms with E-state index in [0.717, 1.165) is 31.0 Å².